The van der Waals surface area contributed by atoms with Gasteiger partial charge in [0, 0.05) is 11.8 Å². The van der Waals surface area contributed by atoms with E-state index in [4.69, 9.17) is 0 Å². The summed E-state index contributed by atoms with van der Waals surface area (Å²) in [4.78, 5) is 16.0. The normalized spacial score (nSPS) is 12.4. The number of carbonyl (C=O) groups excluding carboxylic acids is 1. The molecule has 0 aliphatic rings. The number of benzene rings is 1. The fraction of sp³-hybridized carbons (Fsp3) is 0.294. The minimum atomic E-state index is -4.42. The Labute approximate surface area is 143 Å². The van der Waals surface area contributed by atoms with Gasteiger partial charge < -0.3 is 15.4 Å². The van der Waals surface area contributed by atoms with Crippen LogP contribution in [-0.4, -0.2) is 29.7 Å². The number of halogens is 3. The van der Waals surface area contributed by atoms with Crippen LogP contribution in [0.2, 0.25) is 0 Å². The molecular weight excluding hydrogens is 335 g/mol. The van der Waals surface area contributed by atoms with E-state index in [9.17, 15) is 18.0 Å². The van der Waals surface area contributed by atoms with E-state index < -0.39 is 18.8 Å². The van der Waals surface area contributed by atoms with Crippen molar-refractivity contribution in [3.05, 3.63) is 48.2 Å². The van der Waals surface area contributed by atoms with Gasteiger partial charge in [-0.1, -0.05) is 18.2 Å². The van der Waals surface area contributed by atoms with Gasteiger partial charge in [0.1, 0.15) is 6.04 Å². The number of aromatic nitrogens is 1. The van der Waals surface area contributed by atoms with Crippen molar-refractivity contribution in [2.45, 2.75) is 26.1 Å². The molecule has 1 atom stereocenters. The highest BCUT2D eigenvalue weighted by Crippen LogP contribution is 2.19. The van der Waals surface area contributed by atoms with Crippen LogP contribution < -0.4 is 15.4 Å². The van der Waals surface area contributed by atoms with Crippen molar-refractivity contribution in [1.82, 2.24) is 4.98 Å². The van der Waals surface area contributed by atoms with Crippen LogP contribution in [0.4, 0.5) is 24.5 Å². The maximum absolute atomic E-state index is 12.2. The molecular formula is C17H18F3N3O2. The summed E-state index contributed by atoms with van der Waals surface area (Å²) < 4.78 is 40.8. The van der Waals surface area contributed by atoms with Crippen LogP contribution >= 0.6 is 0 Å². The Kier molecular flexibility index (Phi) is 5.84. The topological polar surface area (TPSA) is 63.2 Å². The molecule has 8 heteroatoms. The minimum absolute atomic E-state index is 0.139. The van der Waals surface area contributed by atoms with Gasteiger partial charge in [-0.05, 0) is 31.5 Å². The van der Waals surface area contributed by atoms with Gasteiger partial charge in [-0.3, -0.25) is 4.79 Å². The van der Waals surface area contributed by atoms with E-state index >= 15 is 0 Å². The minimum Gasteiger partial charge on any atom is -0.468 e. The van der Waals surface area contributed by atoms with E-state index in [1.165, 1.54) is 18.3 Å². The summed E-state index contributed by atoms with van der Waals surface area (Å²) in [7, 11) is 0. The number of carbonyl (C=O) groups is 1. The second-order valence-electron chi connectivity index (χ2n) is 5.46. The van der Waals surface area contributed by atoms with Gasteiger partial charge in [0.2, 0.25) is 11.8 Å². The van der Waals surface area contributed by atoms with Gasteiger partial charge in [0.05, 0.1) is 11.9 Å². The third-order valence-corrected chi connectivity index (χ3v) is 3.30. The van der Waals surface area contributed by atoms with Crippen molar-refractivity contribution in [2.24, 2.45) is 0 Å². The summed E-state index contributed by atoms with van der Waals surface area (Å²) >= 11 is 0. The van der Waals surface area contributed by atoms with Gasteiger partial charge in [-0.2, -0.15) is 13.2 Å². The van der Waals surface area contributed by atoms with Crippen LogP contribution in [0.15, 0.2) is 42.6 Å². The first kappa shape index (κ1) is 18.6. The molecule has 134 valence electrons. The van der Waals surface area contributed by atoms with E-state index in [0.717, 1.165) is 11.3 Å². The molecule has 1 amide bonds. The van der Waals surface area contributed by atoms with E-state index in [1.807, 2.05) is 25.1 Å². The molecule has 0 saturated heterocycles. The van der Waals surface area contributed by atoms with E-state index in [0.29, 0.717) is 5.69 Å². The highest BCUT2D eigenvalue weighted by atomic mass is 19.4. The number of rotatable bonds is 6. The first-order chi connectivity index (χ1) is 11.7. The molecule has 1 unspecified atom stereocenters. The van der Waals surface area contributed by atoms with Crippen molar-refractivity contribution >= 4 is 17.3 Å². The number of para-hydroxylation sites is 1. The Bertz CT molecular complexity index is 718. The van der Waals surface area contributed by atoms with Crippen molar-refractivity contribution < 1.29 is 22.7 Å². The van der Waals surface area contributed by atoms with Crippen molar-refractivity contribution in [1.29, 1.82) is 0 Å². The third-order valence-electron chi connectivity index (χ3n) is 3.30. The van der Waals surface area contributed by atoms with Crippen LogP contribution in [0, 0.1) is 6.92 Å². The number of anilines is 2. The zero-order valence-electron chi connectivity index (χ0n) is 13.7. The fourth-order valence-electron chi connectivity index (χ4n) is 1.98. The maximum Gasteiger partial charge on any atom is 0.422 e. The quantitative estimate of drug-likeness (QED) is 0.830. The molecule has 2 N–H and O–H groups in total. The van der Waals surface area contributed by atoms with Crippen LogP contribution in [0.5, 0.6) is 5.88 Å². The molecule has 0 aliphatic heterocycles. The largest absolute Gasteiger partial charge is 0.468 e. The zero-order valence-corrected chi connectivity index (χ0v) is 13.7. The molecule has 1 aromatic heterocycles. The second kappa shape index (κ2) is 7.87. The van der Waals surface area contributed by atoms with Crippen LogP contribution in [0.25, 0.3) is 0 Å². The monoisotopic (exact) mass is 353 g/mol. The second-order valence-corrected chi connectivity index (χ2v) is 5.46. The number of aryl methyl sites for hydroxylation is 1. The molecule has 0 saturated carbocycles. The molecule has 1 heterocycles. The van der Waals surface area contributed by atoms with Gasteiger partial charge in [0.25, 0.3) is 0 Å². The average molecular weight is 353 g/mol. The number of ether oxygens (including phenoxy) is 1. The number of hydrogen-bond donors (Lipinski definition) is 2. The summed E-state index contributed by atoms with van der Waals surface area (Å²) in [6, 6.07) is 9.62. The zero-order chi connectivity index (χ0) is 18.4. The lowest BCUT2D eigenvalue weighted by molar-refractivity contribution is -0.154. The van der Waals surface area contributed by atoms with E-state index in [1.54, 1.807) is 13.0 Å². The lowest BCUT2D eigenvalue weighted by Gasteiger charge is -2.16. The molecule has 0 bridgehead atoms. The molecule has 0 spiro atoms. The van der Waals surface area contributed by atoms with Crippen LogP contribution in [-0.2, 0) is 4.79 Å². The highest BCUT2D eigenvalue weighted by Gasteiger charge is 2.28. The smallest absolute Gasteiger partial charge is 0.422 e. The molecule has 1 aromatic carbocycles. The number of amides is 1. The van der Waals surface area contributed by atoms with Gasteiger partial charge >= 0.3 is 6.18 Å². The maximum atomic E-state index is 12.2. The molecule has 0 radical (unpaired) electrons. The summed E-state index contributed by atoms with van der Waals surface area (Å²) in [5.41, 5.74) is 2.15. The Balaban J connectivity index is 1.90. The highest BCUT2D eigenvalue weighted by molar-refractivity contribution is 5.96. The number of hydrogen-bond acceptors (Lipinski definition) is 4. The summed E-state index contributed by atoms with van der Waals surface area (Å²) in [5.74, 6) is -0.383. The molecule has 5 nitrogen and oxygen atoms in total. The van der Waals surface area contributed by atoms with Gasteiger partial charge in [-0.25, -0.2) is 4.98 Å². The number of nitrogens with zero attached hydrogens (tertiary/aromatic N) is 1. The Morgan fingerprint density at radius 3 is 2.56 bits per heavy atom. The lowest BCUT2D eigenvalue weighted by Crippen LogP contribution is -2.32. The summed E-state index contributed by atoms with van der Waals surface area (Å²) in [5, 5.41) is 5.74. The number of alkyl halides is 3. The lowest BCUT2D eigenvalue weighted by atomic mass is 10.2. The van der Waals surface area contributed by atoms with Gasteiger partial charge in [-0.15, -0.1) is 0 Å². The van der Waals surface area contributed by atoms with Crippen LogP contribution in [0.3, 0.4) is 0 Å². The Morgan fingerprint density at radius 1 is 1.24 bits per heavy atom. The number of nitrogens with one attached hydrogen (secondary N) is 2. The summed E-state index contributed by atoms with van der Waals surface area (Å²) in [6.45, 7) is 2.15. The molecule has 0 aliphatic carbocycles. The van der Waals surface area contributed by atoms with Crippen LogP contribution in [0.1, 0.15) is 12.5 Å². The Hall–Kier alpha value is -2.77. The molecule has 2 rings (SSSR count). The standard InChI is InChI=1S/C17H18F3N3O2/c1-11-5-3-4-6-14(11)23-16(24)12(2)22-13-7-8-15(21-9-13)25-10-17(18,19)20/h3-9,12,22H,10H2,1-2H3,(H,23,24). The predicted octanol–water partition coefficient (Wildman–Crippen LogP) is 3.77. The third kappa shape index (κ3) is 5.98. The first-order valence-corrected chi connectivity index (χ1v) is 7.53. The first-order valence-electron chi connectivity index (χ1n) is 7.53. The molecule has 0 fully saturated rings. The fourth-order valence-corrected chi connectivity index (χ4v) is 1.98. The van der Waals surface area contributed by atoms with E-state index in [-0.39, 0.29) is 11.8 Å². The van der Waals surface area contributed by atoms with Gasteiger partial charge in [0.15, 0.2) is 6.61 Å². The number of pyridine rings is 1. The average Bonchev–Trinajstić information content (AvgIpc) is 2.55. The predicted molar refractivity (Wildman–Crippen MR) is 88.7 cm³/mol. The van der Waals surface area contributed by atoms with E-state index in [2.05, 4.69) is 20.4 Å². The SMILES string of the molecule is Cc1ccccc1NC(=O)C(C)Nc1ccc(OCC(F)(F)F)nc1. The van der Waals surface area contributed by atoms with Crippen molar-refractivity contribution in [3.63, 3.8) is 0 Å². The van der Waals surface area contributed by atoms with Crippen molar-refractivity contribution in [2.75, 3.05) is 17.2 Å². The van der Waals surface area contributed by atoms with Crippen molar-refractivity contribution in [3.8, 4) is 5.88 Å². The molecule has 25 heavy (non-hydrogen) atoms. The Morgan fingerprint density at radius 2 is 1.96 bits per heavy atom. The molecule has 2 aromatic rings. The summed E-state index contributed by atoms with van der Waals surface area (Å²) in [6.07, 6.45) is -3.11.